The van der Waals surface area contributed by atoms with Crippen molar-refractivity contribution in [2.75, 3.05) is 0 Å². The van der Waals surface area contributed by atoms with E-state index in [-0.39, 0.29) is 11.4 Å². The summed E-state index contributed by atoms with van der Waals surface area (Å²) in [5.41, 5.74) is -0.251. The van der Waals surface area contributed by atoms with Crippen LogP contribution in [0.3, 0.4) is 0 Å². The molecule has 0 fully saturated rings. The molecule has 106 valence electrons. The second-order valence-electron chi connectivity index (χ2n) is 5.06. The summed E-state index contributed by atoms with van der Waals surface area (Å²) < 4.78 is 5.55. The maximum Gasteiger partial charge on any atom is 0.261 e. The summed E-state index contributed by atoms with van der Waals surface area (Å²) in [4.78, 5) is 12.0. The van der Waals surface area contributed by atoms with Gasteiger partial charge < -0.3 is 10.1 Å². The summed E-state index contributed by atoms with van der Waals surface area (Å²) in [7, 11) is 0. The Kier molecular flexibility index (Phi) is 5.50. The number of hydrogen-bond acceptors (Lipinski definition) is 2. The highest BCUT2D eigenvalue weighted by Gasteiger charge is 2.23. The van der Waals surface area contributed by atoms with E-state index in [2.05, 4.69) is 5.32 Å². The third-order valence-corrected chi connectivity index (χ3v) is 3.44. The van der Waals surface area contributed by atoms with Crippen molar-refractivity contribution >= 4 is 29.1 Å². The number of hydrogen-bond donors (Lipinski definition) is 1. The van der Waals surface area contributed by atoms with Gasteiger partial charge in [-0.25, -0.2) is 0 Å². The fraction of sp³-hybridized carbons (Fsp3) is 0.500. The van der Waals surface area contributed by atoms with Crippen molar-refractivity contribution < 1.29 is 9.53 Å². The lowest BCUT2D eigenvalue weighted by Crippen LogP contribution is -2.48. The molecule has 0 aliphatic rings. The third kappa shape index (κ3) is 4.92. The highest BCUT2D eigenvalue weighted by molar-refractivity contribution is 6.35. The minimum Gasteiger partial charge on any atom is -0.479 e. The Morgan fingerprint density at radius 3 is 2.58 bits per heavy atom. The Hall–Kier alpha value is -0.930. The van der Waals surface area contributed by atoms with Crippen molar-refractivity contribution in [2.24, 2.45) is 0 Å². The zero-order valence-corrected chi connectivity index (χ0v) is 13.1. The summed E-state index contributed by atoms with van der Waals surface area (Å²) in [6, 6.07) is 4.90. The van der Waals surface area contributed by atoms with Crippen molar-refractivity contribution in [1.82, 2.24) is 5.32 Å². The molecule has 0 saturated heterocycles. The topological polar surface area (TPSA) is 38.3 Å². The van der Waals surface area contributed by atoms with E-state index in [1.54, 1.807) is 25.1 Å². The predicted molar refractivity (Wildman–Crippen MR) is 79.1 cm³/mol. The van der Waals surface area contributed by atoms with Gasteiger partial charge >= 0.3 is 0 Å². The largest absolute Gasteiger partial charge is 0.479 e. The number of ether oxygens (including phenoxy) is 1. The average Bonchev–Trinajstić information content (AvgIpc) is 2.32. The third-order valence-electron chi connectivity index (χ3n) is 2.91. The quantitative estimate of drug-likeness (QED) is 0.890. The summed E-state index contributed by atoms with van der Waals surface area (Å²) in [5, 5.41) is 3.84. The summed E-state index contributed by atoms with van der Waals surface area (Å²) >= 11 is 11.8. The average molecular weight is 304 g/mol. The Morgan fingerprint density at radius 2 is 2.05 bits per heavy atom. The molecule has 3 nitrogen and oxygen atoms in total. The van der Waals surface area contributed by atoms with Gasteiger partial charge in [0.05, 0.1) is 5.02 Å². The molecule has 1 aromatic rings. The zero-order chi connectivity index (χ0) is 14.6. The molecule has 1 aromatic carbocycles. The van der Waals surface area contributed by atoms with E-state index in [1.807, 2.05) is 20.8 Å². The van der Waals surface area contributed by atoms with Gasteiger partial charge in [-0.1, -0.05) is 30.1 Å². The molecule has 5 heteroatoms. The number of carbonyl (C=O) groups excluding carboxylic acids is 1. The normalized spacial score (nSPS) is 12.9. The second kappa shape index (κ2) is 6.49. The number of amides is 1. The van der Waals surface area contributed by atoms with Crippen molar-refractivity contribution in [3.05, 3.63) is 28.2 Å². The summed E-state index contributed by atoms with van der Waals surface area (Å²) in [6.07, 6.45) is 0.220. The van der Waals surface area contributed by atoms with Gasteiger partial charge in [-0.2, -0.15) is 0 Å². The van der Waals surface area contributed by atoms with Crippen LogP contribution in [0, 0.1) is 0 Å². The molecule has 1 amide bonds. The number of halogens is 2. The number of benzene rings is 1. The highest BCUT2D eigenvalue weighted by Crippen LogP contribution is 2.28. The maximum absolute atomic E-state index is 12.0. The van der Waals surface area contributed by atoms with E-state index >= 15 is 0 Å². The lowest BCUT2D eigenvalue weighted by Gasteiger charge is -2.26. The van der Waals surface area contributed by atoms with Crippen molar-refractivity contribution in [3.8, 4) is 5.75 Å². The molecule has 0 spiro atoms. The first-order valence-corrected chi connectivity index (χ1v) is 6.94. The van der Waals surface area contributed by atoms with E-state index in [9.17, 15) is 4.79 Å². The lowest BCUT2D eigenvalue weighted by atomic mass is 10.0. The molecule has 0 heterocycles. The monoisotopic (exact) mass is 303 g/mol. The van der Waals surface area contributed by atoms with Crippen LogP contribution in [-0.4, -0.2) is 17.6 Å². The van der Waals surface area contributed by atoms with Crippen LogP contribution in [0.1, 0.15) is 34.1 Å². The van der Waals surface area contributed by atoms with Gasteiger partial charge in [0.2, 0.25) is 0 Å². The fourth-order valence-electron chi connectivity index (χ4n) is 1.34. The van der Waals surface area contributed by atoms with Gasteiger partial charge in [0, 0.05) is 10.6 Å². The van der Waals surface area contributed by atoms with Gasteiger partial charge in [0.1, 0.15) is 5.75 Å². The van der Waals surface area contributed by atoms with Crippen LogP contribution in [0.4, 0.5) is 0 Å². The zero-order valence-electron chi connectivity index (χ0n) is 11.6. The Morgan fingerprint density at radius 1 is 1.42 bits per heavy atom. The van der Waals surface area contributed by atoms with E-state index in [0.717, 1.165) is 6.42 Å². The number of rotatable bonds is 5. The van der Waals surface area contributed by atoms with Gasteiger partial charge in [-0.3, -0.25) is 4.79 Å². The number of nitrogens with one attached hydrogen (secondary N) is 1. The molecular weight excluding hydrogens is 285 g/mol. The minimum absolute atomic E-state index is 0.169. The minimum atomic E-state index is -0.621. The van der Waals surface area contributed by atoms with E-state index < -0.39 is 6.10 Å². The van der Waals surface area contributed by atoms with E-state index in [0.29, 0.717) is 15.8 Å². The van der Waals surface area contributed by atoms with Crippen molar-refractivity contribution in [1.29, 1.82) is 0 Å². The van der Waals surface area contributed by atoms with Crippen LogP contribution in [0.5, 0.6) is 5.75 Å². The van der Waals surface area contributed by atoms with Gasteiger partial charge in [0.15, 0.2) is 6.10 Å². The standard InChI is InChI=1S/C14H19Cl2NO2/c1-5-14(3,4)17-13(18)9(2)19-12-7-6-10(15)8-11(12)16/h6-9H,5H2,1-4H3,(H,17,18)/t9-/m1/s1. The molecular formula is C14H19Cl2NO2. The first-order chi connectivity index (χ1) is 8.75. The molecule has 0 unspecified atom stereocenters. The molecule has 1 rings (SSSR count). The molecule has 0 aromatic heterocycles. The van der Waals surface area contributed by atoms with Crippen LogP contribution < -0.4 is 10.1 Å². The van der Waals surface area contributed by atoms with Gasteiger partial charge in [0.25, 0.3) is 5.91 Å². The molecule has 0 saturated carbocycles. The highest BCUT2D eigenvalue weighted by atomic mass is 35.5. The lowest BCUT2D eigenvalue weighted by molar-refractivity contribution is -0.128. The Labute approximate surface area is 124 Å². The predicted octanol–water partition coefficient (Wildman–Crippen LogP) is 4.07. The summed E-state index contributed by atoms with van der Waals surface area (Å²) in [5.74, 6) is 0.279. The van der Waals surface area contributed by atoms with Gasteiger partial charge in [-0.05, 0) is 45.4 Å². The first kappa shape index (κ1) is 16.1. The van der Waals surface area contributed by atoms with Gasteiger partial charge in [-0.15, -0.1) is 0 Å². The van der Waals surface area contributed by atoms with E-state index in [4.69, 9.17) is 27.9 Å². The van der Waals surface area contributed by atoms with Crippen molar-refractivity contribution in [3.63, 3.8) is 0 Å². The fourth-order valence-corrected chi connectivity index (χ4v) is 1.79. The SMILES string of the molecule is CCC(C)(C)NC(=O)[C@@H](C)Oc1ccc(Cl)cc1Cl. The van der Waals surface area contributed by atoms with Crippen LogP contribution in [0.2, 0.25) is 10.0 Å². The molecule has 0 bridgehead atoms. The Bertz CT molecular complexity index is 461. The maximum atomic E-state index is 12.0. The molecule has 19 heavy (non-hydrogen) atoms. The van der Waals surface area contributed by atoms with Crippen LogP contribution in [0.25, 0.3) is 0 Å². The number of carbonyl (C=O) groups is 1. The van der Waals surface area contributed by atoms with Crippen LogP contribution in [0.15, 0.2) is 18.2 Å². The van der Waals surface area contributed by atoms with Crippen LogP contribution in [-0.2, 0) is 4.79 Å². The van der Waals surface area contributed by atoms with Crippen LogP contribution >= 0.6 is 23.2 Å². The molecule has 1 atom stereocenters. The molecule has 0 aliphatic carbocycles. The van der Waals surface area contributed by atoms with E-state index in [1.165, 1.54) is 0 Å². The molecule has 1 N–H and O–H groups in total. The second-order valence-corrected chi connectivity index (χ2v) is 5.91. The first-order valence-electron chi connectivity index (χ1n) is 6.19. The van der Waals surface area contributed by atoms with Crippen molar-refractivity contribution in [2.45, 2.75) is 45.8 Å². The Balaban J connectivity index is 2.69. The summed E-state index contributed by atoms with van der Waals surface area (Å²) in [6.45, 7) is 7.63. The smallest absolute Gasteiger partial charge is 0.261 e. The molecule has 0 radical (unpaired) electrons. The molecule has 0 aliphatic heterocycles.